The predicted molar refractivity (Wildman–Crippen MR) is 99.2 cm³/mol. The lowest BCUT2D eigenvalue weighted by atomic mass is 10.2. The van der Waals surface area contributed by atoms with Crippen molar-refractivity contribution in [3.8, 4) is 0 Å². The van der Waals surface area contributed by atoms with Gasteiger partial charge in [-0.2, -0.15) is 0 Å². The third kappa shape index (κ3) is 8.28. The highest BCUT2D eigenvalue weighted by molar-refractivity contribution is 7.13. The normalized spacial score (nSPS) is 11.6. The molecule has 26 heavy (non-hydrogen) atoms. The molecule has 0 bridgehead atoms. The Kier molecular flexibility index (Phi) is 7.55. The van der Waals surface area contributed by atoms with Crippen molar-refractivity contribution in [3.05, 3.63) is 11.6 Å². The molecule has 0 aromatic carbocycles. The van der Waals surface area contributed by atoms with Crippen LogP contribution in [0.1, 0.15) is 54.4 Å². The summed E-state index contributed by atoms with van der Waals surface area (Å²) in [5, 5.41) is 5.64. The van der Waals surface area contributed by atoms with Crippen molar-refractivity contribution < 1.29 is 23.9 Å². The van der Waals surface area contributed by atoms with E-state index in [-0.39, 0.29) is 6.42 Å². The topological polar surface area (TPSA) is 97.8 Å². The van der Waals surface area contributed by atoms with E-state index in [0.29, 0.717) is 17.9 Å². The number of aromatic nitrogens is 1. The zero-order valence-electron chi connectivity index (χ0n) is 16.1. The molecule has 146 valence electrons. The van der Waals surface area contributed by atoms with Gasteiger partial charge in [0.15, 0.2) is 5.13 Å². The first kappa shape index (κ1) is 21.9. The summed E-state index contributed by atoms with van der Waals surface area (Å²) in [5.74, 6) is -0.672. The largest absolute Gasteiger partial charge is 0.443 e. The van der Waals surface area contributed by atoms with Gasteiger partial charge < -0.3 is 14.8 Å². The van der Waals surface area contributed by atoms with Crippen LogP contribution in [-0.4, -0.2) is 45.7 Å². The average molecular weight is 385 g/mol. The van der Waals surface area contributed by atoms with Gasteiger partial charge in [-0.25, -0.2) is 14.6 Å². The molecule has 1 rings (SSSR count). The van der Waals surface area contributed by atoms with Crippen LogP contribution in [0.25, 0.3) is 0 Å². The fourth-order valence-electron chi connectivity index (χ4n) is 1.75. The molecule has 0 radical (unpaired) electrons. The van der Waals surface area contributed by atoms with Crippen molar-refractivity contribution in [1.82, 2.24) is 9.88 Å². The molecule has 0 saturated heterocycles. The molecule has 8 nitrogen and oxygen atoms in total. The maximum atomic E-state index is 12.4. The maximum absolute atomic E-state index is 12.4. The molecule has 1 aromatic rings. The van der Waals surface area contributed by atoms with Crippen LogP contribution in [0.2, 0.25) is 0 Å². The van der Waals surface area contributed by atoms with Crippen LogP contribution < -0.4 is 5.32 Å². The number of nitrogens with one attached hydrogen (secondary N) is 1. The molecule has 0 aliphatic rings. The van der Waals surface area contributed by atoms with E-state index in [0.717, 1.165) is 5.13 Å². The lowest BCUT2D eigenvalue weighted by Gasteiger charge is -2.27. The Morgan fingerprint density at radius 1 is 1.08 bits per heavy atom. The first-order valence-corrected chi connectivity index (χ1v) is 9.19. The van der Waals surface area contributed by atoms with Crippen LogP contribution in [0.3, 0.4) is 0 Å². The third-order valence-electron chi connectivity index (χ3n) is 2.68. The Balaban J connectivity index is 2.70. The molecule has 1 N–H and O–H groups in total. The number of hydrogen-bond acceptors (Lipinski definition) is 8. The first-order chi connectivity index (χ1) is 11.9. The van der Waals surface area contributed by atoms with Crippen LogP contribution in [-0.2, 0) is 14.3 Å². The number of nitrogens with zero attached hydrogens (tertiary/aromatic N) is 2. The van der Waals surface area contributed by atoms with Gasteiger partial charge in [-0.1, -0.05) is 0 Å². The van der Waals surface area contributed by atoms with Crippen molar-refractivity contribution in [1.29, 1.82) is 0 Å². The molecule has 9 heteroatoms. The van der Waals surface area contributed by atoms with E-state index in [2.05, 4.69) is 10.3 Å². The number of carbonyl (C=O) groups is 3. The molecule has 0 atom stereocenters. The van der Waals surface area contributed by atoms with Gasteiger partial charge >= 0.3 is 12.2 Å². The Morgan fingerprint density at radius 3 is 2.04 bits per heavy atom. The van der Waals surface area contributed by atoms with Crippen LogP contribution in [0.5, 0.6) is 0 Å². The predicted octanol–water partition coefficient (Wildman–Crippen LogP) is 4.03. The lowest BCUT2D eigenvalue weighted by Crippen LogP contribution is -2.46. The van der Waals surface area contributed by atoms with Gasteiger partial charge in [-0.05, 0) is 48.0 Å². The minimum Gasteiger partial charge on any atom is -0.443 e. The van der Waals surface area contributed by atoms with Crippen LogP contribution >= 0.6 is 11.3 Å². The van der Waals surface area contributed by atoms with E-state index in [9.17, 15) is 14.4 Å². The van der Waals surface area contributed by atoms with Crippen molar-refractivity contribution in [3.63, 3.8) is 0 Å². The second-order valence-electron chi connectivity index (χ2n) is 7.56. The van der Waals surface area contributed by atoms with Crippen LogP contribution in [0.4, 0.5) is 14.7 Å². The molecule has 0 fully saturated rings. The SMILES string of the molecule is CC(C)(C)OC(=O)N(C(=O)CCCNc1nccs1)C(=O)OC(C)(C)C. The standard InChI is InChI=1S/C17H27N3O5S/c1-16(2,3)24-14(22)20(15(23)25-17(4,5)6)12(21)8-7-9-18-13-19-10-11-26-13/h10-11H,7-9H2,1-6H3,(H,18,19). The van der Waals surface area contributed by atoms with Crippen LogP contribution in [0, 0.1) is 0 Å². The Hall–Kier alpha value is -2.16. The average Bonchev–Trinajstić information content (AvgIpc) is 2.92. The number of imide groups is 3. The highest BCUT2D eigenvalue weighted by atomic mass is 32.1. The van der Waals surface area contributed by atoms with Crippen molar-refractivity contribution in [2.24, 2.45) is 0 Å². The summed E-state index contributed by atoms with van der Waals surface area (Å²) in [5.41, 5.74) is -1.69. The van der Waals surface area contributed by atoms with Crippen molar-refractivity contribution in [2.45, 2.75) is 65.6 Å². The summed E-state index contributed by atoms with van der Waals surface area (Å²) in [6.45, 7) is 10.4. The number of hydrogen-bond donors (Lipinski definition) is 1. The fraction of sp³-hybridized carbons (Fsp3) is 0.647. The van der Waals surface area contributed by atoms with Gasteiger partial charge in [0.1, 0.15) is 11.2 Å². The fourth-order valence-corrected chi connectivity index (χ4v) is 2.31. The number of amides is 3. The summed E-state index contributed by atoms with van der Waals surface area (Å²) in [6.07, 6.45) is -0.00306. The monoisotopic (exact) mass is 385 g/mol. The van der Waals surface area contributed by atoms with E-state index in [1.165, 1.54) is 11.3 Å². The molecule has 0 spiro atoms. The summed E-state index contributed by atoms with van der Waals surface area (Å²) < 4.78 is 10.3. The minimum absolute atomic E-state index is 0.0170. The number of thiazole rings is 1. The van der Waals surface area contributed by atoms with Gasteiger partial charge in [-0.3, -0.25) is 4.79 Å². The summed E-state index contributed by atoms with van der Waals surface area (Å²) >= 11 is 1.44. The molecular weight excluding hydrogens is 358 g/mol. The van der Waals surface area contributed by atoms with Gasteiger partial charge in [0.05, 0.1) is 0 Å². The third-order valence-corrected chi connectivity index (χ3v) is 3.41. The van der Waals surface area contributed by atoms with Crippen molar-refractivity contribution >= 4 is 34.6 Å². The van der Waals surface area contributed by atoms with E-state index >= 15 is 0 Å². The van der Waals surface area contributed by atoms with Crippen LogP contribution in [0.15, 0.2) is 11.6 Å². The Bertz CT molecular complexity index is 589. The molecular formula is C17H27N3O5S. The summed E-state index contributed by atoms with van der Waals surface area (Å²) in [6, 6.07) is 0. The lowest BCUT2D eigenvalue weighted by molar-refractivity contribution is -0.129. The molecule has 0 saturated carbocycles. The molecule has 1 heterocycles. The van der Waals surface area contributed by atoms with E-state index < -0.39 is 29.3 Å². The number of ether oxygens (including phenoxy) is 2. The molecule has 1 aromatic heterocycles. The summed E-state index contributed by atoms with van der Waals surface area (Å²) in [7, 11) is 0. The molecule has 0 unspecified atom stereocenters. The Labute approximate surface area is 157 Å². The van der Waals surface area contributed by atoms with Gasteiger partial charge in [0.25, 0.3) is 0 Å². The number of rotatable bonds is 5. The number of carbonyl (C=O) groups excluding carboxylic acids is 3. The summed E-state index contributed by atoms with van der Waals surface area (Å²) in [4.78, 5) is 41.6. The number of anilines is 1. The van der Waals surface area contributed by atoms with Gasteiger partial charge in [-0.15, -0.1) is 16.2 Å². The van der Waals surface area contributed by atoms with Crippen molar-refractivity contribution in [2.75, 3.05) is 11.9 Å². The second kappa shape index (κ2) is 8.98. The maximum Gasteiger partial charge on any atom is 0.426 e. The molecule has 0 aliphatic heterocycles. The zero-order chi connectivity index (χ0) is 20.0. The highest BCUT2D eigenvalue weighted by Gasteiger charge is 2.35. The molecule has 3 amide bonds. The molecule has 0 aliphatic carbocycles. The minimum atomic E-state index is -1.04. The van der Waals surface area contributed by atoms with Gasteiger partial charge in [0, 0.05) is 24.5 Å². The first-order valence-electron chi connectivity index (χ1n) is 8.31. The van der Waals surface area contributed by atoms with E-state index in [1.807, 2.05) is 5.38 Å². The van der Waals surface area contributed by atoms with Gasteiger partial charge in [0.2, 0.25) is 5.91 Å². The zero-order valence-corrected chi connectivity index (χ0v) is 16.9. The quantitative estimate of drug-likeness (QED) is 0.764. The highest BCUT2D eigenvalue weighted by Crippen LogP contribution is 2.16. The van der Waals surface area contributed by atoms with E-state index in [1.54, 1.807) is 47.7 Å². The smallest absolute Gasteiger partial charge is 0.426 e. The second-order valence-corrected chi connectivity index (χ2v) is 8.45. The Morgan fingerprint density at radius 2 is 1.62 bits per heavy atom. The van der Waals surface area contributed by atoms with E-state index in [4.69, 9.17) is 9.47 Å².